The largest absolute Gasteiger partial charge is 0.264 e. The second-order valence-electron chi connectivity index (χ2n) is 7.69. The number of fused-ring (bicyclic) bond motifs is 1. The van der Waals surface area contributed by atoms with Gasteiger partial charge in [-0.15, -0.1) is 12.6 Å². The van der Waals surface area contributed by atoms with Gasteiger partial charge in [-0.25, -0.2) is 0 Å². The van der Waals surface area contributed by atoms with E-state index >= 15 is 0 Å². The first-order valence-electron chi connectivity index (χ1n) is 9.77. The van der Waals surface area contributed by atoms with Crippen LogP contribution in [0.1, 0.15) is 96.3 Å². The van der Waals surface area contributed by atoms with Gasteiger partial charge >= 0.3 is 0 Å². The Morgan fingerprint density at radius 2 is 1.32 bits per heavy atom. The maximum Gasteiger partial charge on any atom is 0.122 e. The number of thiol groups is 1. The predicted molar refractivity (Wildman–Crippen MR) is 103 cm³/mol. The van der Waals surface area contributed by atoms with Crippen molar-refractivity contribution in [3.8, 4) is 0 Å². The minimum Gasteiger partial charge on any atom is -0.264 e. The highest BCUT2D eigenvalue weighted by atomic mass is 32.2. The van der Waals surface area contributed by atoms with Gasteiger partial charge in [0.1, 0.15) is 4.38 Å². The minimum atomic E-state index is 0.268. The van der Waals surface area contributed by atoms with Gasteiger partial charge in [0.05, 0.1) is 5.54 Å². The lowest BCUT2D eigenvalue weighted by atomic mass is 9.69. The molecule has 0 aromatic rings. The molecule has 22 heavy (non-hydrogen) atoms. The Bertz CT molecular complexity index is 370. The van der Waals surface area contributed by atoms with E-state index in [1.54, 1.807) is 0 Å². The fourth-order valence-electron chi connectivity index (χ4n) is 4.99. The summed E-state index contributed by atoms with van der Waals surface area (Å²) in [5.41, 5.74) is 0.268. The minimum absolute atomic E-state index is 0.268. The summed E-state index contributed by atoms with van der Waals surface area (Å²) in [5.74, 6) is 0.828. The smallest absolute Gasteiger partial charge is 0.122 e. The molecule has 0 spiro atoms. The van der Waals surface area contributed by atoms with Gasteiger partial charge in [-0.2, -0.15) is 0 Å². The molecular formula is C19H33NS2. The Kier molecular flexibility index (Phi) is 6.62. The van der Waals surface area contributed by atoms with Crippen molar-refractivity contribution in [1.82, 2.24) is 0 Å². The molecule has 1 heterocycles. The van der Waals surface area contributed by atoms with Crippen molar-refractivity contribution >= 4 is 28.8 Å². The van der Waals surface area contributed by atoms with Crippen LogP contribution < -0.4 is 0 Å². The lowest BCUT2D eigenvalue weighted by Gasteiger charge is -2.43. The van der Waals surface area contributed by atoms with Crippen molar-refractivity contribution in [2.45, 2.75) is 107 Å². The number of aliphatic imine (C=N–C) groups is 1. The number of rotatable bonds is 1. The summed E-state index contributed by atoms with van der Waals surface area (Å²) in [4.78, 5) is 5.18. The molecule has 2 atom stereocenters. The SMILES string of the molecule is SC1=NC2(C3CCCCCCCCCCC3)CCCCC2S1. The Balaban J connectivity index is 1.70. The molecule has 2 saturated carbocycles. The summed E-state index contributed by atoms with van der Waals surface area (Å²) in [6, 6.07) is 0. The second-order valence-corrected chi connectivity index (χ2v) is 9.61. The standard InChI is InChI=1S/C19H33NS2/c21-18-20-19(15-11-10-14-17(19)22-18)16-12-8-6-4-2-1-3-5-7-9-13-16/h16-17H,1-15H2,(H,20,21). The Morgan fingerprint density at radius 3 is 1.95 bits per heavy atom. The number of hydrogen-bond donors (Lipinski definition) is 1. The molecule has 126 valence electrons. The van der Waals surface area contributed by atoms with Gasteiger partial charge < -0.3 is 0 Å². The summed E-state index contributed by atoms with van der Waals surface area (Å²) in [6.07, 6.45) is 21.4. The van der Waals surface area contributed by atoms with Crippen LogP contribution in [0.3, 0.4) is 0 Å². The normalized spacial score (nSPS) is 36.0. The Labute approximate surface area is 146 Å². The Hall–Kier alpha value is 0.370. The summed E-state index contributed by atoms with van der Waals surface area (Å²) >= 11 is 6.64. The zero-order chi connectivity index (χ0) is 15.3. The van der Waals surface area contributed by atoms with Gasteiger partial charge in [-0.3, -0.25) is 4.99 Å². The summed E-state index contributed by atoms with van der Waals surface area (Å²) in [5, 5.41) is 0.742. The van der Waals surface area contributed by atoms with Crippen LogP contribution in [0.5, 0.6) is 0 Å². The predicted octanol–water partition coefficient (Wildman–Crippen LogP) is 6.62. The third kappa shape index (κ3) is 4.06. The van der Waals surface area contributed by atoms with Crippen molar-refractivity contribution in [1.29, 1.82) is 0 Å². The molecule has 0 aromatic carbocycles. The van der Waals surface area contributed by atoms with Crippen LogP contribution in [-0.4, -0.2) is 15.2 Å². The van der Waals surface area contributed by atoms with Gasteiger partial charge in [-0.05, 0) is 31.6 Å². The maximum atomic E-state index is 5.18. The van der Waals surface area contributed by atoms with Gasteiger partial charge in [0.25, 0.3) is 0 Å². The molecule has 0 bridgehead atoms. The van der Waals surface area contributed by atoms with E-state index in [9.17, 15) is 0 Å². The number of thioether (sulfide) groups is 1. The topological polar surface area (TPSA) is 12.4 Å². The van der Waals surface area contributed by atoms with E-state index in [0.29, 0.717) is 0 Å². The monoisotopic (exact) mass is 339 g/mol. The van der Waals surface area contributed by atoms with E-state index in [1.165, 1.54) is 96.3 Å². The molecule has 0 radical (unpaired) electrons. The van der Waals surface area contributed by atoms with Gasteiger partial charge in [0, 0.05) is 5.25 Å². The molecule has 0 aromatic heterocycles. The molecule has 2 unspecified atom stereocenters. The van der Waals surface area contributed by atoms with Crippen molar-refractivity contribution in [2.24, 2.45) is 10.9 Å². The average Bonchev–Trinajstić information content (AvgIpc) is 2.84. The van der Waals surface area contributed by atoms with Crippen molar-refractivity contribution in [3.05, 3.63) is 0 Å². The molecule has 3 aliphatic rings. The van der Waals surface area contributed by atoms with Crippen molar-refractivity contribution in [3.63, 3.8) is 0 Å². The highest BCUT2D eigenvalue weighted by Crippen LogP contribution is 2.52. The lowest BCUT2D eigenvalue weighted by Crippen LogP contribution is -2.45. The number of hydrogen-bond acceptors (Lipinski definition) is 2. The van der Waals surface area contributed by atoms with Crippen LogP contribution in [-0.2, 0) is 0 Å². The van der Waals surface area contributed by atoms with E-state index in [2.05, 4.69) is 12.6 Å². The maximum absolute atomic E-state index is 5.18. The second kappa shape index (κ2) is 8.46. The van der Waals surface area contributed by atoms with Crippen molar-refractivity contribution in [2.75, 3.05) is 0 Å². The highest BCUT2D eigenvalue weighted by molar-refractivity contribution is 8.33. The van der Waals surface area contributed by atoms with Crippen LogP contribution in [0.25, 0.3) is 0 Å². The highest BCUT2D eigenvalue weighted by Gasteiger charge is 2.50. The summed E-state index contributed by atoms with van der Waals surface area (Å²) in [6.45, 7) is 0. The molecule has 2 fully saturated rings. The third-order valence-electron chi connectivity index (χ3n) is 6.21. The van der Waals surface area contributed by atoms with Crippen LogP contribution in [0.2, 0.25) is 0 Å². The molecule has 3 rings (SSSR count). The van der Waals surface area contributed by atoms with Crippen LogP contribution >= 0.6 is 24.4 Å². The first-order chi connectivity index (χ1) is 10.8. The zero-order valence-corrected chi connectivity index (χ0v) is 15.8. The molecule has 0 saturated heterocycles. The van der Waals surface area contributed by atoms with Gasteiger partial charge in [0.2, 0.25) is 0 Å². The lowest BCUT2D eigenvalue weighted by molar-refractivity contribution is 0.182. The molecule has 1 aliphatic heterocycles. The molecule has 3 heteroatoms. The fourth-order valence-corrected chi connectivity index (χ4v) is 6.89. The van der Waals surface area contributed by atoms with E-state index in [-0.39, 0.29) is 5.54 Å². The third-order valence-corrected chi connectivity index (χ3v) is 7.86. The molecule has 0 amide bonds. The molecular weight excluding hydrogens is 306 g/mol. The zero-order valence-electron chi connectivity index (χ0n) is 14.1. The van der Waals surface area contributed by atoms with Crippen LogP contribution in [0.4, 0.5) is 0 Å². The van der Waals surface area contributed by atoms with E-state index in [4.69, 9.17) is 4.99 Å². The van der Waals surface area contributed by atoms with E-state index in [0.717, 1.165) is 15.5 Å². The molecule has 0 N–H and O–H groups in total. The van der Waals surface area contributed by atoms with Crippen LogP contribution in [0, 0.1) is 5.92 Å². The molecule has 1 nitrogen and oxygen atoms in total. The van der Waals surface area contributed by atoms with E-state index in [1.807, 2.05) is 11.8 Å². The van der Waals surface area contributed by atoms with E-state index < -0.39 is 0 Å². The first kappa shape index (κ1) is 17.2. The van der Waals surface area contributed by atoms with Crippen molar-refractivity contribution < 1.29 is 0 Å². The van der Waals surface area contributed by atoms with Gasteiger partial charge in [-0.1, -0.05) is 82.4 Å². The number of nitrogens with zero attached hydrogens (tertiary/aromatic N) is 1. The quantitative estimate of drug-likeness (QED) is 0.529. The Morgan fingerprint density at radius 1 is 0.773 bits per heavy atom. The summed E-state index contributed by atoms with van der Waals surface area (Å²) < 4.78 is 1.08. The molecule has 2 aliphatic carbocycles. The summed E-state index contributed by atoms with van der Waals surface area (Å²) in [7, 11) is 0. The first-order valence-corrected chi connectivity index (χ1v) is 11.1. The fraction of sp³-hybridized carbons (Fsp3) is 0.947. The van der Waals surface area contributed by atoms with Crippen LogP contribution in [0.15, 0.2) is 4.99 Å². The average molecular weight is 340 g/mol. The van der Waals surface area contributed by atoms with Gasteiger partial charge in [0.15, 0.2) is 0 Å².